The summed E-state index contributed by atoms with van der Waals surface area (Å²) in [4.78, 5) is 7.06. The van der Waals surface area contributed by atoms with E-state index < -0.39 is 0 Å². The van der Waals surface area contributed by atoms with Crippen LogP contribution in [0.25, 0.3) is 0 Å². The number of hydrogen-bond acceptors (Lipinski definition) is 4. The van der Waals surface area contributed by atoms with Gasteiger partial charge in [0.15, 0.2) is 0 Å². The molecule has 2 rings (SSSR count). The molecule has 0 saturated carbocycles. The van der Waals surface area contributed by atoms with Crippen molar-refractivity contribution in [3.05, 3.63) is 23.0 Å². The van der Waals surface area contributed by atoms with Crippen LogP contribution < -0.4 is 5.32 Å². The Balaban J connectivity index is 2.06. The van der Waals surface area contributed by atoms with Crippen molar-refractivity contribution < 1.29 is 0 Å². The molecule has 136 valence electrons. The summed E-state index contributed by atoms with van der Waals surface area (Å²) in [5.41, 5.74) is 3.08. The quantitative estimate of drug-likeness (QED) is 0.661. The predicted molar refractivity (Wildman–Crippen MR) is 109 cm³/mol. The van der Waals surface area contributed by atoms with Crippen LogP contribution in [-0.4, -0.2) is 49.3 Å². The van der Waals surface area contributed by atoms with Crippen LogP contribution in [0.5, 0.6) is 0 Å². The molecular weight excluding hydrogens is 314 g/mol. The second-order valence-corrected chi connectivity index (χ2v) is 8.44. The Morgan fingerprint density at radius 3 is 2.79 bits per heavy atom. The van der Waals surface area contributed by atoms with Crippen LogP contribution >= 0.6 is 11.8 Å². The predicted octanol–water partition coefficient (Wildman–Crippen LogP) is 4.33. The van der Waals surface area contributed by atoms with Crippen molar-refractivity contribution in [2.24, 2.45) is 16.8 Å². The van der Waals surface area contributed by atoms with E-state index in [9.17, 15) is 0 Å². The molecule has 0 spiro atoms. The Labute approximate surface area is 153 Å². The molecule has 1 saturated heterocycles. The van der Waals surface area contributed by atoms with Gasteiger partial charge in [-0.2, -0.15) is 11.8 Å². The monoisotopic (exact) mass is 349 g/mol. The van der Waals surface area contributed by atoms with E-state index >= 15 is 0 Å². The number of hydrogen-bond donors (Lipinski definition) is 1. The minimum absolute atomic E-state index is 0.552. The van der Waals surface area contributed by atoms with Gasteiger partial charge in [0.2, 0.25) is 0 Å². The lowest BCUT2D eigenvalue weighted by Gasteiger charge is -2.30. The Morgan fingerprint density at radius 1 is 1.46 bits per heavy atom. The van der Waals surface area contributed by atoms with E-state index in [4.69, 9.17) is 0 Å². The second kappa shape index (κ2) is 9.67. The highest BCUT2D eigenvalue weighted by atomic mass is 32.2. The molecule has 3 atom stereocenters. The van der Waals surface area contributed by atoms with E-state index in [0.717, 1.165) is 31.1 Å². The number of likely N-dealkylation sites (N-methyl/N-ethyl adjacent to an activating group) is 1. The van der Waals surface area contributed by atoms with Crippen molar-refractivity contribution in [3.8, 4) is 0 Å². The highest BCUT2D eigenvalue weighted by Gasteiger charge is 2.26. The van der Waals surface area contributed by atoms with Gasteiger partial charge in [-0.1, -0.05) is 18.6 Å². The molecule has 0 aromatic heterocycles. The molecule has 0 amide bonds. The Morgan fingerprint density at radius 2 is 2.25 bits per heavy atom. The zero-order chi connectivity index (χ0) is 17.5. The first-order chi connectivity index (χ1) is 11.6. The highest BCUT2D eigenvalue weighted by Crippen LogP contribution is 2.34. The standard InChI is InChI=1S/C20H35N3S/c1-6-19(23(4)5)18(17-10-11-24-14-17)9-8-16-12-15(3)20(21-7-2)22-13-16/h9,13,16-17,19,21H,6-8,10-12,14H2,1-5H3/b18-9-. The molecule has 0 aliphatic carbocycles. The summed E-state index contributed by atoms with van der Waals surface area (Å²) in [5.74, 6) is 5.04. The van der Waals surface area contributed by atoms with Crippen LogP contribution in [0.15, 0.2) is 28.0 Å². The average Bonchev–Trinajstić information content (AvgIpc) is 3.07. The second-order valence-electron chi connectivity index (χ2n) is 7.29. The SMILES string of the molecule is CCNC1=C(C)CC(C/C=C(/C2CCSC2)C(CC)N(C)C)C=N1. The normalized spacial score (nSPS) is 26.3. The van der Waals surface area contributed by atoms with Crippen molar-refractivity contribution in [2.75, 3.05) is 32.1 Å². The maximum atomic E-state index is 4.66. The highest BCUT2D eigenvalue weighted by molar-refractivity contribution is 7.99. The number of thioether (sulfide) groups is 1. The van der Waals surface area contributed by atoms with Crippen molar-refractivity contribution in [3.63, 3.8) is 0 Å². The van der Waals surface area contributed by atoms with Crippen molar-refractivity contribution >= 4 is 18.0 Å². The van der Waals surface area contributed by atoms with Crippen LogP contribution in [0.3, 0.4) is 0 Å². The third-order valence-electron chi connectivity index (χ3n) is 5.18. The van der Waals surface area contributed by atoms with Crippen molar-refractivity contribution in [2.45, 2.75) is 52.5 Å². The Hall–Kier alpha value is -0.740. The third-order valence-corrected chi connectivity index (χ3v) is 6.35. The topological polar surface area (TPSA) is 27.6 Å². The summed E-state index contributed by atoms with van der Waals surface area (Å²) in [7, 11) is 4.45. The molecule has 0 aromatic rings. The lowest BCUT2D eigenvalue weighted by molar-refractivity contribution is 0.304. The molecule has 2 aliphatic rings. The van der Waals surface area contributed by atoms with E-state index in [1.807, 2.05) is 0 Å². The number of allylic oxidation sites excluding steroid dienone is 2. The summed E-state index contributed by atoms with van der Waals surface area (Å²) in [6.45, 7) is 7.61. The first-order valence-corrected chi connectivity index (χ1v) is 10.6. The first-order valence-electron chi connectivity index (χ1n) is 9.48. The molecule has 4 heteroatoms. The summed E-state index contributed by atoms with van der Waals surface area (Å²) in [6, 6.07) is 0.586. The summed E-state index contributed by atoms with van der Waals surface area (Å²) < 4.78 is 0. The molecule has 1 fully saturated rings. The van der Waals surface area contributed by atoms with Gasteiger partial charge in [0.05, 0.1) is 0 Å². The molecule has 2 aliphatic heterocycles. The van der Waals surface area contributed by atoms with E-state index in [1.165, 1.54) is 29.9 Å². The molecule has 3 unspecified atom stereocenters. The zero-order valence-corrected chi connectivity index (χ0v) is 17.0. The van der Waals surface area contributed by atoms with E-state index in [0.29, 0.717) is 12.0 Å². The van der Waals surface area contributed by atoms with Crippen LogP contribution in [0.2, 0.25) is 0 Å². The molecule has 2 heterocycles. The molecule has 0 radical (unpaired) electrons. The van der Waals surface area contributed by atoms with Crippen LogP contribution in [-0.2, 0) is 0 Å². The number of nitrogens with zero attached hydrogens (tertiary/aromatic N) is 2. The maximum absolute atomic E-state index is 4.66. The number of nitrogens with one attached hydrogen (secondary N) is 1. The molecular formula is C20H35N3S. The zero-order valence-electron chi connectivity index (χ0n) is 16.1. The van der Waals surface area contributed by atoms with Gasteiger partial charge < -0.3 is 10.2 Å². The van der Waals surface area contributed by atoms with Gasteiger partial charge in [-0.25, -0.2) is 4.99 Å². The van der Waals surface area contributed by atoms with Gasteiger partial charge in [-0.15, -0.1) is 0 Å². The minimum atomic E-state index is 0.552. The van der Waals surface area contributed by atoms with Gasteiger partial charge >= 0.3 is 0 Å². The first kappa shape index (κ1) is 19.6. The molecule has 24 heavy (non-hydrogen) atoms. The van der Waals surface area contributed by atoms with Crippen molar-refractivity contribution in [1.29, 1.82) is 0 Å². The van der Waals surface area contributed by atoms with Gasteiger partial charge in [-0.05, 0) is 76.6 Å². The summed E-state index contributed by atoms with van der Waals surface area (Å²) in [6.07, 6.45) is 9.53. The number of rotatable bonds is 8. The van der Waals surface area contributed by atoms with Gasteiger partial charge in [0.25, 0.3) is 0 Å². The van der Waals surface area contributed by atoms with Gasteiger partial charge in [0, 0.05) is 24.7 Å². The largest absolute Gasteiger partial charge is 0.370 e. The van der Waals surface area contributed by atoms with E-state index in [1.54, 1.807) is 5.57 Å². The average molecular weight is 350 g/mol. The molecule has 1 N–H and O–H groups in total. The Bertz CT molecular complexity index is 487. The summed E-state index contributed by atoms with van der Waals surface area (Å²) in [5, 5.41) is 3.36. The maximum Gasteiger partial charge on any atom is 0.124 e. The smallest absolute Gasteiger partial charge is 0.124 e. The lowest BCUT2D eigenvalue weighted by atomic mass is 9.86. The van der Waals surface area contributed by atoms with E-state index in [2.05, 4.69) is 74.1 Å². The van der Waals surface area contributed by atoms with Gasteiger partial charge in [0.1, 0.15) is 5.82 Å². The Kier molecular flexibility index (Phi) is 7.89. The number of aliphatic imine (C=N–C) groups is 1. The third kappa shape index (κ3) is 5.13. The fourth-order valence-corrected chi connectivity index (χ4v) is 5.16. The van der Waals surface area contributed by atoms with Gasteiger partial charge in [-0.3, -0.25) is 0 Å². The minimum Gasteiger partial charge on any atom is -0.370 e. The lowest BCUT2D eigenvalue weighted by Crippen LogP contribution is -2.32. The van der Waals surface area contributed by atoms with Crippen LogP contribution in [0.1, 0.15) is 46.5 Å². The van der Waals surface area contributed by atoms with Crippen LogP contribution in [0, 0.1) is 11.8 Å². The molecule has 0 aromatic carbocycles. The summed E-state index contributed by atoms with van der Waals surface area (Å²) >= 11 is 2.12. The fourth-order valence-electron chi connectivity index (χ4n) is 3.90. The van der Waals surface area contributed by atoms with E-state index in [-0.39, 0.29) is 0 Å². The molecule has 0 bridgehead atoms. The fraction of sp³-hybridized carbons (Fsp3) is 0.750. The molecule has 3 nitrogen and oxygen atoms in total. The van der Waals surface area contributed by atoms with Crippen molar-refractivity contribution in [1.82, 2.24) is 10.2 Å². The van der Waals surface area contributed by atoms with Crippen LogP contribution in [0.4, 0.5) is 0 Å².